The lowest BCUT2D eigenvalue weighted by atomic mass is 10.3. The second-order valence-corrected chi connectivity index (χ2v) is 7.51. The molecule has 152 valence electrons. The Labute approximate surface area is 163 Å². The van der Waals surface area contributed by atoms with Crippen molar-refractivity contribution in [3.8, 4) is 0 Å². The van der Waals surface area contributed by atoms with Gasteiger partial charge in [-0.15, -0.1) is 9.81 Å². The van der Waals surface area contributed by atoms with E-state index in [-0.39, 0.29) is 21.2 Å². The van der Waals surface area contributed by atoms with Gasteiger partial charge < -0.3 is 10.2 Å². The molecule has 0 fully saturated rings. The first-order valence-corrected chi connectivity index (χ1v) is 9.27. The molecule has 0 heterocycles. The van der Waals surface area contributed by atoms with Crippen LogP contribution in [0.5, 0.6) is 0 Å². The fourth-order valence-corrected chi connectivity index (χ4v) is 3.58. The zero-order valence-corrected chi connectivity index (χ0v) is 15.4. The highest BCUT2D eigenvalue weighted by molar-refractivity contribution is 7.91. The number of anilines is 2. The van der Waals surface area contributed by atoms with Crippen molar-refractivity contribution in [2.75, 3.05) is 23.1 Å². The van der Waals surface area contributed by atoms with Crippen molar-refractivity contribution < 1.29 is 28.2 Å². The van der Waals surface area contributed by atoms with Gasteiger partial charge in [-0.2, -0.15) is 0 Å². The Morgan fingerprint density at radius 2 is 1.03 bits per heavy atom. The van der Waals surface area contributed by atoms with Crippen molar-refractivity contribution >= 4 is 33.2 Å². The summed E-state index contributed by atoms with van der Waals surface area (Å²) < 4.78 is 25.4. The minimum Gasteiger partial charge on any atom is -0.480 e. The van der Waals surface area contributed by atoms with Crippen LogP contribution in [-0.2, 0) is 19.4 Å². The summed E-state index contributed by atoms with van der Waals surface area (Å²) in [5.41, 5.74) is 0.191. The topological polar surface area (TPSA) is 174 Å². The SMILES string of the molecule is O=NN(CC(=O)O)c1ccc(S(=O)(=O)c2ccc(N(CC(=O)O)N=O)cc2)cc1. The number of carboxylic acids is 2. The third-order valence-electron chi connectivity index (χ3n) is 3.66. The van der Waals surface area contributed by atoms with Crippen LogP contribution in [0.4, 0.5) is 11.4 Å². The predicted octanol–water partition coefficient (Wildman–Crippen LogP) is 1.66. The number of carbonyl (C=O) groups is 2. The van der Waals surface area contributed by atoms with E-state index in [4.69, 9.17) is 10.2 Å². The van der Waals surface area contributed by atoms with Gasteiger partial charge in [-0.05, 0) is 48.5 Å². The predicted molar refractivity (Wildman–Crippen MR) is 99.9 cm³/mol. The van der Waals surface area contributed by atoms with Crippen LogP contribution in [0.15, 0.2) is 68.9 Å². The lowest BCUT2D eigenvalue weighted by Gasteiger charge is -2.14. The number of sulfone groups is 1. The molecule has 2 aromatic carbocycles. The maximum atomic E-state index is 12.7. The van der Waals surface area contributed by atoms with Gasteiger partial charge in [0.05, 0.1) is 31.7 Å². The van der Waals surface area contributed by atoms with Crippen molar-refractivity contribution in [2.45, 2.75) is 9.79 Å². The first kappa shape index (κ1) is 21.4. The Morgan fingerprint density at radius 3 is 1.28 bits per heavy atom. The second kappa shape index (κ2) is 8.88. The summed E-state index contributed by atoms with van der Waals surface area (Å²) >= 11 is 0. The minimum atomic E-state index is -3.97. The summed E-state index contributed by atoms with van der Waals surface area (Å²) in [6.07, 6.45) is 0. The molecule has 0 unspecified atom stereocenters. The Kier molecular flexibility index (Phi) is 6.56. The molecule has 0 aliphatic rings. The fourth-order valence-electron chi connectivity index (χ4n) is 2.32. The monoisotopic (exact) mass is 422 g/mol. The summed E-state index contributed by atoms with van der Waals surface area (Å²) in [7, 11) is -3.97. The zero-order valence-electron chi connectivity index (χ0n) is 14.6. The Bertz CT molecular complexity index is 944. The van der Waals surface area contributed by atoms with Crippen molar-refractivity contribution in [3.05, 3.63) is 58.3 Å². The molecule has 13 heteroatoms. The molecule has 0 aliphatic carbocycles. The lowest BCUT2D eigenvalue weighted by molar-refractivity contribution is -0.136. The molecular weight excluding hydrogens is 408 g/mol. The summed E-state index contributed by atoms with van der Waals surface area (Å²) in [5, 5.41) is 23.9. The van der Waals surface area contributed by atoms with E-state index in [0.717, 1.165) is 0 Å². The Morgan fingerprint density at radius 1 is 0.724 bits per heavy atom. The molecule has 12 nitrogen and oxygen atoms in total. The Balaban J connectivity index is 2.28. The van der Waals surface area contributed by atoms with E-state index < -0.39 is 34.9 Å². The van der Waals surface area contributed by atoms with Gasteiger partial charge in [-0.3, -0.25) is 9.59 Å². The van der Waals surface area contributed by atoms with Crippen molar-refractivity contribution in [1.82, 2.24) is 0 Å². The number of hydrogen-bond acceptors (Lipinski definition) is 8. The third-order valence-corrected chi connectivity index (χ3v) is 5.44. The average Bonchev–Trinajstić information content (AvgIpc) is 2.70. The van der Waals surface area contributed by atoms with Crippen LogP contribution >= 0.6 is 0 Å². The van der Waals surface area contributed by atoms with Crippen LogP contribution in [0, 0.1) is 9.81 Å². The highest BCUT2D eigenvalue weighted by atomic mass is 32.2. The van der Waals surface area contributed by atoms with Gasteiger partial charge in [0.1, 0.15) is 13.1 Å². The van der Waals surface area contributed by atoms with E-state index in [1.165, 1.54) is 48.5 Å². The van der Waals surface area contributed by atoms with Gasteiger partial charge in [0.15, 0.2) is 0 Å². The van der Waals surface area contributed by atoms with Gasteiger partial charge >= 0.3 is 11.9 Å². The van der Waals surface area contributed by atoms with Gasteiger partial charge in [0.2, 0.25) is 9.84 Å². The highest BCUT2D eigenvalue weighted by Crippen LogP contribution is 2.26. The quantitative estimate of drug-likeness (QED) is 0.423. The van der Waals surface area contributed by atoms with Gasteiger partial charge in [-0.25, -0.2) is 18.4 Å². The summed E-state index contributed by atoms with van der Waals surface area (Å²) in [6, 6.07) is 9.66. The summed E-state index contributed by atoms with van der Waals surface area (Å²) in [4.78, 5) is 42.6. The number of carboxylic acid groups (broad SMARTS) is 2. The maximum absolute atomic E-state index is 12.7. The van der Waals surface area contributed by atoms with E-state index in [1.807, 2.05) is 0 Å². The standard InChI is InChI=1S/C16H14N4O8S/c21-15(22)9-19(17-25)11-1-5-13(6-2-11)29(27,28)14-7-3-12(4-8-14)20(18-26)10-16(23)24/h1-8H,9-10H2,(H,21,22)(H,23,24). The maximum Gasteiger partial charge on any atom is 0.325 e. The summed E-state index contributed by atoms with van der Waals surface area (Å²) in [5.74, 6) is -2.58. The number of benzene rings is 2. The number of aliphatic carboxylic acids is 2. The lowest BCUT2D eigenvalue weighted by Crippen LogP contribution is -2.23. The van der Waals surface area contributed by atoms with Crippen molar-refractivity contribution in [1.29, 1.82) is 0 Å². The number of hydrogen-bond donors (Lipinski definition) is 2. The van der Waals surface area contributed by atoms with E-state index in [1.54, 1.807) is 0 Å². The van der Waals surface area contributed by atoms with Crippen LogP contribution in [0.1, 0.15) is 0 Å². The third kappa shape index (κ3) is 5.10. The average molecular weight is 422 g/mol. The van der Waals surface area contributed by atoms with E-state index in [9.17, 15) is 27.8 Å². The molecule has 0 saturated heterocycles. The van der Waals surface area contributed by atoms with Gasteiger partial charge in [0, 0.05) is 0 Å². The largest absolute Gasteiger partial charge is 0.480 e. The van der Waals surface area contributed by atoms with Gasteiger partial charge in [-0.1, -0.05) is 0 Å². The molecule has 0 saturated carbocycles. The van der Waals surface area contributed by atoms with Crippen molar-refractivity contribution in [2.24, 2.45) is 10.6 Å². The molecule has 0 aromatic heterocycles. The molecule has 0 aliphatic heterocycles. The molecule has 2 aromatic rings. The first-order valence-electron chi connectivity index (χ1n) is 7.79. The summed E-state index contributed by atoms with van der Waals surface area (Å²) in [6.45, 7) is -1.37. The first-order chi connectivity index (χ1) is 13.7. The molecule has 2 rings (SSSR count). The van der Waals surface area contributed by atoms with Gasteiger partial charge in [0.25, 0.3) is 0 Å². The molecule has 0 spiro atoms. The van der Waals surface area contributed by atoms with E-state index >= 15 is 0 Å². The van der Waals surface area contributed by atoms with Crippen LogP contribution < -0.4 is 10.0 Å². The number of nitrogens with zero attached hydrogens (tertiary/aromatic N) is 4. The minimum absolute atomic E-state index is 0.0954. The molecule has 0 atom stereocenters. The van der Waals surface area contributed by atoms with E-state index in [0.29, 0.717) is 10.0 Å². The smallest absolute Gasteiger partial charge is 0.325 e. The fraction of sp³-hybridized carbons (Fsp3) is 0.125. The molecule has 0 radical (unpaired) electrons. The van der Waals surface area contributed by atoms with Crippen LogP contribution in [0.2, 0.25) is 0 Å². The molecular formula is C16H14N4O8S. The van der Waals surface area contributed by atoms with Crippen LogP contribution in [-0.4, -0.2) is 43.7 Å². The molecule has 0 amide bonds. The molecule has 2 N–H and O–H groups in total. The highest BCUT2D eigenvalue weighted by Gasteiger charge is 2.20. The Hall–Kier alpha value is -3.87. The van der Waals surface area contributed by atoms with Crippen LogP contribution in [0.3, 0.4) is 0 Å². The van der Waals surface area contributed by atoms with E-state index in [2.05, 4.69) is 10.6 Å². The zero-order chi connectivity index (χ0) is 21.6. The number of rotatable bonds is 10. The van der Waals surface area contributed by atoms with Crippen molar-refractivity contribution in [3.63, 3.8) is 0 Å². The second-order valence-electron chi connectivity index (χ2n) is 5.56. The normalized spacial score (nSPS) is 10.8. The number of nitroso groups, excluding NO2 is 2. The molecule has 0 bridgehead atoms. The molecule has 29 heavy (non-hydrogen) atoms. The van der Waals surface area contributed by atoms with Crippen LogP contribution in [0.25, 0.3) is 0 Å².